The molecule has 0 bridgehead atoms. The summed E-state index contributed by atoms with van der Waals surface area (Å²) in [6.07, 6.45) is 6.16. The maximum atomic E-state index is 12.7. The first-order valence-corrected chi connectivity index (χ1v) is 9.39. The van der Waals surface area contributed by atoms with Gasteiger partial charge in [0, 0.05) is 12.2 Å². The zero-order chi connectivity index (χ0) is 17.9. The van der Waals surface area contributed by atoms with E-state index in [-0.39, 0.29) is 17.6 Å². The lowest BCUT2D eigenvalue weighted by molar-refractivity contribution is 0.444. The van der Waals surface area contributed by atoms with Gasteiger partial charge in [0.1, 0.15) is 0 Å². The third-order valence-corrected chi connectivity index (χ3v) is 5.12. The monoisotopic (exact) mass is 360 g/mol. The van der Waals surface area contributed by atoms with Gasteiger partial charge in [-0.3, -0.25) is 0 Å². The average molecular weight is 360 g/mol. The molecule has 1 N–H and O–H groups in total. The number of benzene rings is 1. The molecular formula is C16H20N6O2S. The summed E-state index contributed by atoms with van der Waals surface area (Å²) in [5.74, 6) is 0. The molecule has 0 saturated carbocycles. The topological polar surface area (TPSA) is 94.7 Å². The van der Waals surface area contributed by atoms with Crippen LogP contribution in [0.1, 0.15) is 31.5 Å². The maximum Gasteiger partial charge on any atom is 0.260 e. The Hall–Kier alpha value is -2.52. The normalized spacial score (nSPS) is 13.2. The van der Waals surface area contributed by atoms with E-state index in [1.54, 1.807) is 17.0 Å². The molecule has 0 aliphatic carbocycles. The van der Waals surface area contributed by atoms with Gasteiger partial charge in [-0.05, 0) is 19.4 Å². The summed E-state index contributed by atoms with van der Waals surface area (Å²) >= 11 is 0. The van der Waals surface area contributed by atoms with Crippen molar-refractivity contribution in [3.63, 3.8) is 0 Å². The lowest BCUT2D eigenvalue weighted by Gasteiger charge is -2.18. The predicted octanol–water partition coefficient (Wildman–Crippen LogP) is 1.78. The average Bonchev–Trinajstić information content (AvgIpc) is 3.27. The fourth-order valence-electron chi connectivity index (χ4n) is 2.38. The van der Waals surface area contributed by atoms with Gasteiger partial charge in [0.05, 0.1) is 31.3 Å². The van der Waals surface area contributed by atoms with Gasteiger partial charge in [-0.1, -0.05) is 30.3 Å². The van der Waals surface area contributed by atoms with Crippen LogP contribution in [0, 0.1) is 0 Å². The first-order chi connectivity index (χ1) is 12.0. The SMILES string of the molecule is CC(C)n1cnc(S(=O)(=O)NC(Cn2nccn2)c2ccccc2)c1. The number of hydrogen-bond acceptors (Lipinski definition) is 5. The first kappa shape index (κ1) is 17.3. The minimum atomic E-state index is -3.77. The Labute approximate surface area is 146 Å². The molecule has 9 heteroatoms. The van der Waals surface area contributed by atoms with E-state index in [9.17, 15) is 8.42 Å². The second-order valence-corrected chi connectivity index (χ2v) is 7.58. The van der Waals surface area contributed by atoms with Crippen molar-refractivity contribution in [2.45, 2.75) is 37.5 Å². The molecule has 25 heavy (non-hydrogen) atoms. The summed E-state index contributed by atoms with van der Waals surface area (Å²) in [5, 5.41) is 8.12. The van der Waals surface area contributed by atoms with Crippen molar-refractivity contribution in [3.05, 3.63) is 60.8 Å². The summed E-state index contributed by atoms with van der Waals surface area (Å²) in [6.45, 7) is 4.20. The minimum Gasteiger partial charge on any atom is -0.334 e. The molecule has 132 valence electrons. The molecule has 0 saturated heterocycles. The predicted molar refractivity (Wildman–Crippen MR) is 92.1 cm³/mol. The molecule has 0 aliphatic rings. The molecule has 1 unspecified atom stereocenters. The number of aromatic nitrogens is 5. The van der Waals surface area contributed by atoms with E-state index in [2.05, 4.69) is 19.9 Å². The summed E-state index contributed by atoms with van der Waals surface area (Å²) < 4.78 is 29.9. The van der Waals surface area contributed by atoms with Gasteiger partial charge in [-0.25, -0.2) is 18.1 Å². The van der Waals surface area contributed by atoms with Crippen LogP contribution in [0.5, 0.6) is 0 Å². The molecule has 1 atom stereocenters. The number of rotatable bonds is 7. The summed E-state index contributed by atoms with van der Waals surface area (Å²) in [5.41, 5.74) is 0.826. The van der Waals surface area contributed by atoms with E-state index < -0.39 is 16.1 Å². The van der Waals surface area contributed by atoms with Gasteiger partial charge >= 0.3 is 0 Å². The number of sulfonamides is 1. The van der Waals surface area contributed by atoms with Crippen molar-refractivity contribution in [3.8, 4) is 0 Å². The Morgan fingerprint density at radius 1 is 1.12 bits per heavy atom. The third kappa shape index (κ3) is 4.12. The fourth-order valence-corrected chi connectivity index (χ4v) is 3.54. The Balaban J connectivity index is 1.88. The summed E-state index contributed by atoms with van der Waals surface area (Å²) in [7, 11) is -3.77. The van der Waals surface area contributed by atoms with Gasteiger partial charge in [0.15, 0.2) is 5.03 Å². The van der Waals surface area contributed by atoms with E-state index in [1.165, 1.54) is 17.3 Å². The van der Waals surface area contributed by atoms with Gasteiger partial charge in [0.25, 0.3) is 10.0 Å². The number of nitrogens with one attached hydrogen (secondary N) is 1. The highest BCUT2D eigenvalue weighted by Gasteiger charge is 2.24. The standard InChI is InChI=1S/C16H20N6O2S/c1-13(2)21-11-16(17-12-21)25(23,24)20-15(10-22-18-8-9-19-22)14-6-4-3-5-7-14/h3-9,11-13,15,20H,10H2,1-2H3. The van der Waals surface area contributed by atoms with E-state index in [0.717, 1.165) is 5.56 Å². The molecule has 0 amide bonds. The van der Waals surface area contributed by atoms with Crippen molar-refractivity contribution < 1.29 is 8.42 Å². The molecule has 0 radical (unpaired) electrons. The molecule has 0 aliphatic heterocycles. The van der Waals surface area contributed by atoms with Crippen LogP contribution in [-0.2, 0) is 16.6 Å². The van der Waals surface area contributed by atoms with Crippen molar-refractivity contribution in [2.75, 3.05) is 0 Å². The maximum absolute atomic E-state index is 12.7. The summed E-state index contributed by atoms with van der Waals surface area (Å²) in [4.78, 5) is 5.48. The number of imidazole rings is 1. The van der Waals surface area contributed by atoms with E-state index in [0.29, 0.717) is 0 Å². The van der Waals surface area contributed by atoms with Crippen LogP contribution in [0.25, 0.3) is 0 Å². The van der Waals surface area contributed by atoms with Crippen LogP contribution in [0.3, 0.4) is 0 Å². The molecule has 3 aromatic rings. The van der Waals surface area contributed by atoms with Gasteiger partial charge in [0.2, 0.25) is 0 Å². The van der Waals surface area contributed by atoms with Crippen molar-refractivity contribution >= 4 is 10.0 Å². The molecule has 0 spiro atoms. The van der Waals surface area contributed by atoms with Crippen molar-refractivity contribution in [1.29, 1.82) is 0 Å². The van der Waals surface area contributed by atoms with Crippen LogP contribution >= 0.6 is 0 Å². The van der Waals surface area contributed by atoms with Crippen LogP contribution in [-0.4, -0.2) is 33.0 Å². The highest BCUT2D eigenvalue weighted by molar-refractivity contribution is 7.89. The van der Waals surface area contributed by atoms with Gasteiger partial charge in [-0.15, -0.1) is 0 Å². The highest BCUT2D eigenvalue weighted by Crippen LogP contribution is 2.18. The zero-order valence-corrected chi connectivity index (χ0v) is 14.8. The summed E-state index contributed by atoms with van der Waals surface area (Å²) in [6, 6.07) is 8.96. The lowest BCUT2D eigenvalue weighted by atomic mass is 10.1. The molecule has 0 fully saturated rings. The third-order valence-electron chi connectivity index (χ3n) is 3.76. The Morgan fingerprint density at radius 3 is 2.40 bits per heavy atom. The largest absolute Gasteiger partial charge is 0.334 e. The van der Waals surface area contributed by atoms with Crippen LogP contribution in [0.15, 0.2) is 60.3 Å². The minimum absolute atomic E-state index is 0.00412. The van der Waals surface area contributed by atoms with Gasteiger partial charge in [-0.2, -0.15) is 15.0 Å². The lowest BCUT2D eigenvalue weighted by Crippen LogP contribution is -2.32. The van der Waals surface area contributed by atoms with Crippen LogP contribution in [0.4, 0.5) is 0 Å². The second-order valence-electron chi connectivity index (χ2n) is 5.92. The second kappa shape index (κ2) is 7.16. The van der Waals surface area contributed by atoms with Crippen molar-refractivity contribution in [1.82, 2.24) is 29.3 Å². The van der Waals surface area contributed by atoms with Crippen LogP contribution in [0.2, 0.25) is 0 Å². The fraction of sp³-hybridized carbons (Fsp3) is 0.312. The smallest absolute Gasteiger partial charge is 0.260 e. The highest BCUT2D eigenvalue weighted by atomic mass is 32.2. The van der Waals surface area contributed by atoms with Crippen molar-refractivity contribution in [2.24, 2.45) is 0 Å². The Kier molecular flexibility index (Phi) is 4.95. The molecule has 2 heterocycles. The quantitative estimate of drug-likeness (QED) is 0.693. The molecular weight excluding hydrogens is 340 g/mol. The van der Waals surface area contributed by atoms with E-state index >= 15 is 0 Å². The zero-order valence-electron chi connectivity index (χ0n) is 14.0. The molecule has 8 nitrogen and oxygen atoms in total. The Bertz CT molecular complexity index is 903. The molecule has 3 rings (SSSR count). The van der Waals surface area contributed by atoms with E-state index in [1.807, 2.05) is 44.2 Å². The van der Waals surface area contributed by atoms with Crippen LogP contribution < -0.4 is 4.72 Å². The first-order valence-electron chi connectivity index (χ1n) is 7.90. The molecule has 2 aromatic heterocycles. The number of hydrogen-bond donors (Lipinski definition) is 1. The van der Waals surface area contributed by atoms with Gasteiger partial charge < -0.3 is 4.57 Å². The van der Waals surface area contributed by atoms with E-state index in [4.69, 9.17) is 0 Å². The molecule has 1 aromatic carbocycles. The Morgan fingerprint density at radius 2 is 1.80 bits per heavy atom. The number of nitrogens with zero attached hydrogens (tertiary/aromatic N) is 5.